The molecule has 0 aliphatic heterocycles. The second-order valence-electron chi connectivity index (χ2n) is 6.29. The smallest absolute Gasteiger partial charge is 0.286 e. The van der Waals surface area contributed by atoms with Crippen LogP contribution in [-0.4, -0.2) is 15.8 Å². The molecule has 1 aromatic heterocycles. The lowest BCUT2D eigenvalue weighted by Crippen LogP contribution is -2.31. The van der Waals surface area contributed by atoms with Gasteiger partial charge in [-0.1, -0.05) is 18.2 Å². The SMILES string of the molecule is CC(NC(=O)c1cc([N+](=O)[O-])c[nH]c1=O)c1ccc2c(c1)CCCC2. The van der Waals surface area contributed by atoms with Crippen LogP contribution >= 0.6 is 0 Å². The number of nitrogens with one attached hydrogen (secondary N) is 2. The normalized spacial score (nSPS) is 14.4. The molecule has 0 radical (unpaired) electrons. The number of hydrogen-bond acceptors (Lipinski definition) is 4. The van der Waals surface area contributed by atoms with Crippen molar-refractivity contribution in [3.05, 3.63) is 73.2 Å². The summed E-state index contributed by atoms with van der Waals surface area (Å²) in [6, 6.07) is 6.85. The van der Waals surface area contributed by atoms with Gasteiger partial charge in [-0.2, -0.15) is 0 Å². The number of fused-ring (bicyclic) bond motifs is 1. The Morgan fingerprint density at radius 2 is 1.96 bits per heavy atom. The number of carbonyl (C=O) groups excluding carboxylic acids is 1. The number of rotatable bonds is 4. The molecule has 1 atom stereocenters. The zero-order valence-corrected chi connectivity index (χ0v) is 13.9. The van der Waals surface area contributed by atoms with Crippen LogP contribution in [0.3, 0.4) is 0 Å². The lowest BCUT2D eigenvalue weighted by molar-refractivity contribution is -0.385. The summed E-state index contributed by atoms with van der Waals surface area (Å²) < 4.78 is 0. The molecule has 0 bridgehead atoms. The van der Waals surface area contributed by atoms with Gasteiger partial charge in [-0.05, 0) is 49.3 Å². The number of nitrogens with zero attached hydrogens (tertiary/aromatic N) is 1. The molecule has 7 heteroatoms. The van der Waals surface area contributed by atoms with Gasteiger partial charge in [0.25, 0.3) is 17.2 Å². The summed E-state index contributed by atoms with van der Waals surface area (Å²) in [5, 5.41) is 13.6. The zero-order chi connectivity index (χ0) is 18.0. The Bertz CT molecular complexity index is 888. The van der Waals surface area contributed by atoms with Crippen molar-refractivity contribution in [2.24, 2.45) is 0 Å². The van der Waals surface area contributed by atoms with E-state index in [0.29, 0.717) is 0 Å². The fourth-order valence-corrected chi connectivity index (χ4v) is 3.13. The van der Waals surface area contributed by atoms with Gasteiger partial charge in [0.15, 0.2) is 0 Å². The van der Waals surface area contributed by atoms with Crippen LogP contribution in [0.25, 0.3) is 0 Å². The van der Waals surface area contributed by atoms with E-state index in [1.165, 1.54) is 24.0 Å². The van der Waals surface area contributed by atoms with E-state index < -0.39 is 16.4 Å². The van der Waals surface area contributed by atoms with Crippen LogP contribution in [0.4, 0.5) is 5.69 Å². The number of aryl methyl sites for hydroxylation is 2. The third-order valence-corrected chi connectivity index (χ3v) is 4.56. The first-order valence-corrected chi connectivity index (χ1v) is 8.25. The number of hydrogen-bond donors (Lipinski definition) is 2. The van der Waals surface area contributed by atoms with Gasteiger partial charge in [0, 0.05) is 6.07 Å². The third kappa shape index (κ3) is 3.60. The fraction of sp³-hybridized carbons (Fsp3) is 0.333. The highest BCUT2D eigenvalue weighted by molar-refractivity contribution is 5.94. The predicted octanol–water partition coefficient (Wildman–Crippen LogP) is 2.65. The number of nitro groups is 1. The monoisotopic (exact) mass is 341 g/mol. The van der Waals surface area contributed by atoms with E-state index in [1.807, 2.05) is 13.0 Å². The molecular weight excluding hydrogens is 322 g/mol. The highest BCUT2D eigenvalue weighted by atomic mass is 16.6. The Balaban J connectivity index is 1.80. The number of benzene rings is 1. The quantitative estimate of drug-likeness (QED) is 0.659. The lowest BCUT2D eigenvalue weighted by atomic mass is 9.89. The molecule has 130 valence electrons. The molecule has 1 aliphatic rings. The minimum Gasteiger partial charge on any atom is -0.345 e. The predicted molar refractivity (Wildman–Crippen MR) is 92.7 cm³/mol. The molecule has 1 unspecified atom stereocenters. The van der Waals surface area contributed by atoms with E-state index in [9.17, 15) is 19.7 Å². The van der Waals surface area contributed by atoms with Crippen molar-refractivity contribution in [3.8, 4) is 0 Å². The van der Waals surface area contributed by atoms with E-state index in [4.69, 9.17) is 0 Å². The van der Waals surface area contributed by atoms with E-state index in [1.54, 1.807) is 0 Å². The van der Waals surface area contributed by atoms with Gasteiger partial charge in [-0.25, -0.2) is 0 Å². The first-order chi connectivity index (χ1) is 12.0. The van der Waals surface area contributed by atoms with Gasteiger partial charge in [0.05, 0.1) is 17.2 Å². The molecule has 2 N–H and O–H groups in total. The highest BCUT2D eigenvalue weighted by Crippen LogP contribution is 2.25. The summed E-state index contributed by atoms with van der Waals surface area (Å²) in [6.07, 6.45) is 5.47. The van der Waals surface area contributed by atoms with Gasteiger partial charge in [-0.15, -0.1) is 0 Å². The van der Waals surface area contributed by atoms with Crippen LogP contribution in [0.2, 0.25) is 0 Å². The Hall–Kier alpha value is -2.96. The topological polar surface area (TPSA) is 105 Å². The summed E-state index contributed by atoms with van der Waals surface area (Å²) in [5.41, 5.74) is 2.36. The molecule has 1 aromatic carbocycles. The van der Waals surface area contributed by atoms with Crippen LogP contribution < -0.4 is 10.9 Å². The molecule has 1 heterocycles. The Morgan fingerprint density at radius 1 is 1.24 bits per heavy atom. The lowest BCUT2D eigenvalue weighted by Gasteiger charge is -2.20. The molecule has 0 saturated carbocycles. The third-order valence-electron chi connectivity index (χ3n) is 4.56. The van der Waals surface area contributed by atoms with Gasteiger partial charge in [-0.3, -0.25) is 19.7 Å². The molecule has 3 rings (SSSR count). The molecule has 2 aromatic rings. The van der Waals surface area contributed by atoms with E-state index in [-0.39, 0.29) is 17.3 Å². The minimum absolute atomic E-state index is 0.265. The summed E-state index contributed by atoms with van der Waals surface area (Å²) in [7, 11) is 0. The van der Waals surface area contributed by atoms with Crippen LogP contribution in [-0.2, 0) is 12.8 Å². The number of carbonyl (C=O) groups is 1. The highest BCUT2D eigenvalue weighted by Gasteiger charge is 2.19. The standard InChI is InChI=1S/C18H19N3O4/c1-11(13-7-6-12-4-2-3-5-14(12)8-13)20-18(23)16-9-15(21(24)25)10-19-17(16)22/h6-11H,2-5H2,1H3,(H,19,22)(H,20,23). The Morgan fingerprint density at radius 3 is 2.68 bits per heavy atom. The summed E-state index contributed by atoms with van der Waals surface area (Å²) in [5.74, 6) is -0.629. The van der Waals surface area contributed by atoms with Gasteiger partial charge in [0.2, 0.25) is 0 Å². The largest absolute Gasteiger partial charge is 0.345 e. The molecule has 0 fully saturated rings. The van der Waals surface area contributed by atoms with E-state index in [0.717, 1.165) is 30.7 Å². The van der Waals surface area contributed by atoms with Crippen LogP contribution in [0.15, 0.2) is 35.3 Å². The van der Waals surface area contributed by atoms with Gasteiger partial charge < -0.3 is 10.3 Å². The van der Waals surface area contributed by atoms with Crippen LogP contribution in [0.1, 0.15) is 52.9 Å². The molecule has 1 amide bonds. The number of H-pyrrole nitrogens is 1. The minimum atomic E-state index is -0.653. The number of amides is 1. The summed E-state index contributed by atoms with van der Waals surface area (Å²) >= 11 is 0. The molecular formula is C18H19N3O4. The second kappa shape index (κ2) is 6.88. The average molecular weight is 341 g/mol. The summed E-state index contributed by atoms with van der Waals surface area (Å²) in [6.45, 7) is 1.83. The van der Waals surface area contributed by atoms with Crippen molar-refractivity contribution in [3.63, 3.8) is 0 Å². The number of aromatic nitrogens is 1. The van der Waals surface area contributed by atoms with Crippen LogP contribution in [0, 0.1) is 10.1 Å². The van der Waals surface area contributed by atoms with Crippen molar-refractivity contribution >= 4 is 11.6 Å². The maximum absolute atomic E-state index is 12.4. The Kier molecular flexibility index (Phi) is 4.65. The van der Waals surface area contributed by atoms with E-state index >= 15 is 0 Å². The maximum atomic E-state index is 12.4. The molecule has 0 spiro atoms. The first kappa shape index (κ1) is 16.9. The van der Waals surface area contributed by atoms with Crippen molar-refractivity contribution in [1.29, 1.82) is 0 Å². The zero-order valence-electron chi connectivity index (χ0n) is 13.9. The molecule has 0 saturated heterocycles. The average Bonchev–Trinajstić information content (AvgIpc) is 2.61. The van der Waals surface area contributed by atoms with Crippen molar-refractivity contribution in [2.75, 3.05) is 0 Å². The number of aromatic amines is 1. The molecule has 25 heavy (non-hydrogen) atoms. The van der Waals surface area contributed by atoms with Crippen molar-refractivity contribution in [2.45, 2.75) is 38.6 Å². The van der Waals surface area contributed by atoms with Crippen molar-refractivity contribution < 1.29 is 9.72 Å². The maximum Gasteiger partial charge on any atom is 0.286 e. The van der Waals surface area contributed by atoms with Gasteiger partial charge >= 0.3 is 0 Å². The van der Waals surface area contributed by atoms with E-state index in [2.05, 4.69) is 22.4 Å². The summed E-state index contributed by atoms with van der Waals surface area (Å²) in [4.78, 5) is 36.6. The number of pyridine rings is 1. The van der Waals surface area contributed by atoms with Gasteiger partial charge in [0.1, 0.15) is 5.56 Å². The van der Waals surface area contributed by atoms with Crippen molar-refractivity contribution in [1.82, 2.24) is 10.3 Å². The first-order valence-electron chi connectivity index (χ1n) is 8.25. The second-order valence-corrected chi connectivity index (χ2v) is 6.29. The molecule has 1 aliphatic carbocycles. The Labute approximate surface area is 144 Å². The molecule has 7 nitrogen and oxygen atoms in total. The fourth-order valence-electron chi connectivity index (χ4n) is 3.13. The van der Waals surface area contributed by atoms with Crippen LogP contribution in [0.5, 0.6) is 0 Å².